The number of aromatic nitrogens is 2. The molecule has 1 saturated heterocycles. The number of carbonyl (C=O) groups excluding carboxylic acids is 2. The van der Waals surface area contributed by atoms with Crippen LogP contribution < -0.4 is 14.5 Å². The van der Waals surface area contributed by atoms with Gasteiger partial charge in [0.2, 0.25) is 5.91 Å². The Hall–Kier alpha value is -3.16. The van der Waals surface area contributed by atoms with Crippen LogP contribution in [0.25, 0.3) is 0 Å². The van der Waals surface area contributed by atoms with E-state index < -0.39 is 6.10 Å². The Morgan fingerprint density at radius 2 is 1.89 bits per heavy atom. The standard InChI is InChI=1S/C19H21N5O3/c1-14(25)24-13-17(27-16-5-3-2-4-15(16)24)19(26)23-10-8-22(9-11-23)18-12-20-6-7-21-18/h2-7,12,17H,8-11,13H2,1H3/t17-/m0/s1. The van der Waals surface area contributed by atoms with Gasteiger partial charge >= 0.3 is 0 Å². The van der Waals surface area contributed by atoms with Crippen molar-refractivity contribution in [2.24, 2.45) is 0 Å². The van der Waals surface area contributed by atoms with E-state index in [4.69, 9.17) is 4.74 Å². The Balaban J connectivity index is 1.44. The summed E-state index contributed by atoms with van der Waals surface area (Å²) >= 11 is 0. The van der Waals surface area contributed by atoms with Crippen LogP contribution in [-0.2, 0) is 9.59 Å². The van der Waals surface area contributed by atoms with Crippen LogP contribution in [0.2, 0.25) is 0 Å². The van der Waals surface area contributed by atoms with Gasteiger partial charge in [0.15, 0.2) is 6.10 Å². The number of rotatable bonds is 2. The first-order valence-corrected chi connectivity index (χ1v) is 8.97. The van der Waals surface area contributed by atoms with E-state index >= 15 is 0 Å². The van der Waals surface area contributed by atoms with E-state index in [-0.39, 0.29) is 18.4 Å². The third-order valence-electron chi connectivity index (χ3n) is 4.89. The highest BCUT2D eigenvalue weighted by atomic mass is 16.5. The summed E-state index contributed by atoms with van der Waals surface area (Å²) < 4.78 is 5.92. The first-order valence-electron chi connectivity index (χ1n) is 8.97. The van der Waals surface area contributed by atoms with Crippen molar-refractivity contribution in [1.82, 2.24) is 14.9 Å². The van der Waals surface area contributed by atoms with E-state index in [9.17, 15) is 9.59 Å². The lowest BCUT2D eigenvalue weighted by atomic mass is 10.1. The molecular formula is C19H21N5O3. The van der Waals surface area contributed by atoms with E-state index in [2.05, 4.69) is 14.9 Å². The van der Waals surface area contributed by atoms with Gasteiger partial charge in [0.25, 0.3) is 5.91 Å². The number of benzene rings is 1. The summed E-state index contributed by atoms with van der Waals surface area (Å²) in [6.45, 7) is 4.27. The summed E-state index contributed by atoms with van der Waals surface area (Å²) in [5.74, 6) is 1.19. The van der Waals surface area contributed by atoms with Crippen LogP contribution in [-0.4, -0.2) is 65.5 Å². The van der Waals surface area contributed by atoms with E-state index in [0.29, 0.717) is 37.6 Å². The maximum Gasteiger partial charge on any atom is 0.265 e. The minimum atomic E-state index is -0.688. The Morgan fingerprint density at radius 3 is 2.59 bits per heavy atom. The molecule has 0 N–H and O–H groups in total. The number of hydrogen-bond acceptors (Lipinski definition) is 6. The highest BCUT2D eigenvalue weighted by Gasteiger charge is 2.36. The molecule has 8 heteroatoms. The lowest BCUT2D eigenvalue weighted by Gasteiger charge is -2.39. The number of para-hydroxylation sites is 2. The van der Waals surface area contributed by atoms with Gasteiger partial charge in [-0.15, -0.1) is 0 Å². The first kappa shape index (κ1) is 17.3. The van der Waals surface area contributed by atoms with Crippen LogP contribution in [0.15, 0.2) is 42.9 Å². The van der Waals surface area contributed by atoms with Crippen LogP contribution in [0, 0.1) is 0 Å². The summed E-state index contributed by atoms with van der Waals surface area (Å²) in [7, 11) is 0. The molecule has 1 aromatic carbocycles. The number of hydrogen-bond donors (Lipinski definition) is 0. The van der Waals surface area contributed by atoms with E-state index in [1.165, 1.54) is 6.92 Å². The summed E-state index contributed by atoms with van der Waals surface area (Å²) in [6.07, 6.45) is 4.34. The lowest BCUT2D eigenvalue weighted by Crippen LogP contribution is -2.56. The van der Waals surface area contributed by atoms with Gasteiger partial charge in [-0.3, -0.25) is 14.6 Å². The SMILES string of the molecule is CC(=O)N1C[C@@H](C(=O)N2CCN(c3cnccn3)CC2)Oc2ccccc21. The molecule has 0 aliphatic carbocycles. The predicted octanol–water partition coefficient (Wildman–Crippen LogP) is 0.939. The molecule has 2 aliphatic rings. The molecule has 0 unspecified atom stereocenters. The second kappa shape index (κ2) is 7.22. The molecule has 4 rings (SSSR count). The van der Waals surface area contributed by atoms with Gasteiger partial charge in [0.1, 0.15) is 11.6 Å². The highest BCUT2D eigenvalue weighted by Crippen LogP contribution is 2.33. The van der Waals surface area contributed by atoms with Crippen LogP contribution in [0.4, 0.5) is 11.5 Å². The van der Waals surface area contributed by atoms with Crippen molar-refractivity contribution >= 4 is 23.3 Å². The van der Waals surface area contributed by atoms with Crippen molar-refractivity contribution < 1.29 is 14.3 Å². The second-order valence-corrected chi connectivity index (χ2v) is 6.58. The van der Waals surface area contributed by atoms with Crippen LogP contribution in [0.5, 0.6) is 5.75 Å². The fraction of sp³-hybridized carbons (Fsp3) is 0.368. The van der Waals surface area contributed by atoms with Crippen LogP contribution in [0.1, 0.15) is 6.92 Å². The topological polar surface area (TPSA) is 78.9 Å². The Labute approximate surface area is 157 Å². The third-order valence-corrected chi connectivity index (χ3v) is 4.89. The van der Waals surface area contributed by atoms with Crippen molar-refractivity contribution in [2.45, 2.75) is 13.0 Å². The van der Waals surface area contributed by atoms with Crippen molar-refractivity contribution in [3.05, 3.63) is 42.9 Å². The summed E-state index contributed by atoms with van der Waals surface area (Å²) in [4.78, 5) is 38.9. The molecule has 2 amide bonds. The molecule has 8 nitrogen and oxygen atoms in total. The van der Waals surface area contributed by atoms with E-state index in [0.717, 1.165) is 5.82 Å². The van der Waals surface area contributed by atoms with Gasteiger partial charge in [0, 0.05) is 45.5 Å². The zero-order valence-electron chi connectivity index (χ0n) is 15.1. The molecule has 0 radical (unpaired) electrons. The fourth-order valence-electron chi connectivity index (χ4n) is 3.48. The number of ether oxygens (including phenoxy) is 1. The molecule has 1 fully saturated rings. The van der Waals surface area contributed by atoms with Crippen molar-refractivity contribution in [3.63, 3.8) is 0 Å². The third kappa shape index (κ3) is 3.42. The largest absolute Gasteiger partial charge is 0.476 e. The molecular weight excluding hydrogens is 346 g/mol. The molecule has 1 aromatic heterocycles. The number of amides is 2. The van der Waals surface area contributed by atoms with Crippen molar-refractivity contribution in [3.8, 4) is 5.75 Å². The van der Waals surface area contributed by atoms with Gasteiger partial charge < -0.3 is 19.4 Å². The molecule has 2 aromatic rings. The minimum Gasteiger partial charge on any atom is -0.476 e. The molecule has 27 heavy (non-hydrogen) atoms. The normalized spacial score (nSPS) is 19.3. The number of anilines is 2. The molecule has 2 aliphatic heterocycles. The monoisotopic (exact) mass is 367 g/mol. The number of piperazine rings is 1. The molecule has 3 heterocycles. The molecule has 0 bridgehead atoms. The Bertz CT molecular complexity index is 836. The summed E-state index contributed by atoms with van der Waals surface area (Å²) in [5.41, 5.74) is 0.710. The van der Waals surface area contributed by atoms with Crippen LogP contribution >= 0.6 is 0 Å². The quantitative estimate of drug-likeness (QED) is 0.786. The maximum atomic E-state index is 13.0. The predicted molar refractivity (Wildman–Crippen MR) is 99.7 cm³/mol. The van der Waals surface area contributed by atoms with Gasteiger partial charge in [0.05, 0.1) is 18.4 Å². The van der Waals surface area contributed by atoms with Gasteiger partial charge in [-0.05, 0) is 12.1 Å². The van der Waals surface area contributed by atoms with Crippen molar-refractivity contribution in [2.75, 3.05) is 42.5 Å². The Morgan fingerprint density at radius 1 is 1.11 bits per heavy atom. The minimum absolute atomic E-state index is 0.0884. The van der Waals surface area contributed by atoms with Gasteiger partial charge in [-0.1, -0.05) is 12.1 Å². The highest BCUT2D eigenvalue weighted by molar-refractivity contribution is 5.95. The Kier molecular flexibility index (Phi) is 4.62. The lowest BCUT2D eigenvalue weighted by molar-refractivity contribution is -0.139. The second-order valence-electron chi connectivity index (χ2n) is 6.58. The number of carbonyl (C=O) groups is 2. The average Bonchev–Trinajstić information content (AvgIpc) is 2.73. The summed E-state index contributed by atoms with van der Waals surface area (Å²) in [6, 6.07) is 7.31. The first-order chi connectivity index (χ1) is 13.1. The average molecular weight is 367 g/mol. The zero-order valence-corrected chi connectivity index (χ0v) is 15.1. The molecule has 0 spiro atoms. The summed E-state index contributed by atoms with van der Waals surface area (Å²) in [5, 5.41) is 0. The smallest absolute Gasteiger partial charge is 0.265 e. The number of fused-ring (bicyclic) bond motifs is 1. The van der Waals surface area contributed by atoms with Gasteiger partial charge in [-0.25, -0.2) is 4.98 Å². The zero-order chi connectivity index (χ0) is 18.8. The van der Waals surface area contributed by atoms with E-state index in [1.54, 1.807) is 34.5 Å². The van der Waals surface area contributed by atoms with Gasteiger partial charge in [-0.2, -0.15) is 0 Å². The van der Waals surface area contributed by atoms with Crippen molar-refractivity contribution in [1.29, 1.82) is 0 Å². The fourth-order valence-corrected chi connectivity index (χ4v) is 3.48. The molecule has 140 valence electrons. The van der Waals surface area contributed by atoms with Crippen LogP contribution in [0.3, 0.4) is 0 Å². The maximum absolute atomic E-state index is 13.0. The van der Waals surface area contributed by atoms with E-state index in [1.807, 2.05) is 18.2 Å². The molecule has 1 atom stereocenters. The number of nitrogens with zero attached hydrogens (tertiary/aromatic N) is 5. The molecule has 0 saturated carbocycles.